The van der Waals surface area contributed by atoms with E-state index in [2.05, 4.69) is 24.6 Å². The highest BCUT2D eigenvalue weighted by molar-refractivity contribution is 8.45. The zero-order valence-corrected chi connectivity index (χ0v) is 15.7. The third-order valence-corrected chi connectivity index (χ3v) is 5.60. The summed E-state index contributed by atoms with van der Waals surface area (Å²) in [7, 11) is 0. The number of aliphatic imine (C=N–C) groups is 1. The zero-order chi connectivity index (χ0) is 17.6. The van der Waals surface area contributed by atoms with Crippen LogP contribution in [0.2, 0.25) is 0 Å². The summed E-state index contributed by atoms with van der Waals surface area (Å²) >= 11 is 2.70. The van der Waals surface area contributed by atoms with Crippen LogP contribution in [0.1, 0.15) is 18.9 Å². The Morgan fingerprint density at radius 3 is 2.92 bits per heavy atom. The van der Waals surface area contributed by atoms with Crippen molar-refractivity contribution in [2.75, 3.05) is 12.4 Å². The first-order chi connectivity index (χ1) is 12.2. The van der Waals surface area contributed by atoms with Crippen molar-refractivity contribution >= 4 is 49.9 Å². The van der Waals surface area contributed by atoms with Gasteiger partial charge in [-0.1, -0.05) is 55.1 Å². The summed E-state index contributed by atoms with van der Waals surface area (Å²) in [6, 6.07) is 12.1. The highest BCUT2D eigenvalue weighted by Gasteiger charge is 2.23. The molecule has 0 N–H and O–H groups in total. The van der Waals surface area contributed by atoms with Crippen LogP contribution in [-0.2, 0) is 4.79 Å². The second-order valence-corrected chi connectivity index (χ2v) is 7.67. The van der Waals surface area contributed by atoms with Crippen LogP contribution in [0.25, 0.3) is 16.8 Å². The van der Waals surface area contributed by atoms with E-state index >= 15 is 0 Å². The number of rotatable bonds is 6. The van der Waals surface area contributed by atoms with Gasteiger partial charge in [0.1, 0.15) is 15.8 Å². The lowest BCUT2D eigenvalue weighted by molar-refractivity contribution is -0.107. The summed E-state index contributed by atoms with van der Waals surface area (Å²) in [4.78, 5) is 16.8. The van der Waals surface area contributed by atoms with Crippen LogP contribution in [0.3, 0.4) is 0 Å². The second-order valence-electron chi connectivity index (χ2n) is 5.44. The molecule has 0 saturated heterocycles. The number of thioether (sulfide) groups is 2. The first-order valence-electron chi connectivity index (χ1n) is 8.13. The predicted octanol–water partition coefficient (Wildman–Crippen LogP) is 5.52. The SMILES string of the molecule is C=CCSC1=N/C(=C\c2c(OCCC)ccc3ccccc23)C(=O)S1. The molecule has 0 radical (unpaired) electrons. The average molecular weight is 370 g/mol. The standard InChI is InChI=1S/C20H19NO2S2/c1-3-11-23-18-10-9-14-7-5-6-8-15(14)16(18)13-17-19(22)25-20(21-17)24-12-4-2/h4-10,13H,2-3,11-12H2,1H3/b17-13-. The first-order valence-corrected chi connectivity index (χ1v) is 9.94. The van der Waals surface area contributed by atoms with Gasteiger partial charge in [-0.05, 0) is 41.1 Å². The lowest BCUT2D eigenvalue weighted by Crippen LogP contribution is -1.98. The van der Waals surface area contributed by atoms with Gasteiger partial charge in [-0.15, -0.1) is 6.58 Å². The van der Waals surface area contributed by atoms with Crippen molar-refractivity contribution < 1.29 is 9.53 Å². The fourth-order valence-electron chi connectivity index (χ4n) is 2.48. The minimum Gasteiger partial charge on any atom is -0.493 e. The van der Waals surface area contributed by atoms with Gasteiger partial charge in [0.25, 0.3) is 0 Å². The third kappa shape index (κ3) is 4.17. The molecule has 0 saturated carbocycles. The maximum absolute atomic E-state index is 12.3. The Morgan fingerprint density at radius 1 is 1.28 bits per heavy atom. The minimum atomic E-state index is -0.0269. The number of hydrogen-bond acceptors (Lipinski definition) is 5. The van der Waals surface area contributed by atoms with E-state index in [1.54, 1.807) is 6.08 Å². The van der Waals surface area contributed by atoms with E-state index in [0.717, 1.165) is 38.6 Å². The van der Waals surface area contributed by atoms with Gasteiger partial charge < -0.3 is 4.74 Å². The summed E-state index contributed by atoms with van der Waals surface area (Å²) in [5.74, 6) is 1.53. The van der Waals surface area contributed by atoms with Gasteiger partial charge in [0.05, 0.1) is 6.61 Å². The summed E-state index contributed by atoms with van der Waals surface area (Å²) in [6.45, 7) is 6.41. The van der Waals surface area contributed by atoms with Crippen molar-refractivity contribution in [1.82, 2.24) is 0 Å². The topological polar surface area (TPSA) is 38.7 Å². The van der Waals surface area contributed by atoms with Crippen molar-refractivity contribution in [2.24, 2.45) is 4.99 Å². The molecule has 0 aromatic heterocycles. The molecule has 0 aliphatic carbocycles. The van der Waals surface area contributed by atoms with Crippen LogP contribution in [0.4, 0.5) is 0 Å². The van der Waals surface area contributed by atoms with Crippen molar-refractivity contribution in [3.63, 3.8) is 0 Å². The minimum absolute atomic E-state index is 0.0269. The number of benzene rings is 2. The van der Waals surface area contributed by atoms with Crippen LogP contribution in [-0.4, -0.2) is 21.9 Å². The number of fused-ring (bicyclic) bond motifs is 1. The molecule has 2 aromatic rings. The summed E-state index contributed by atoms with van der Waals surface area (Å²) in [5, 5.41) is 2.14. The quantitative estimate of drug-likeness (QED) is 0.496. The lowest BCUT2D eigenvalue weighted by atomic mass is 10.0. The van der Waals surface area contributed by atoms with Crippen molar-refractivity contribution in [3.05, 3.63) is 60.3 Å². The van der Waals surface area contributed by atoms with E-state index in [9.17, 15) is 4.79 Å². The van der Waals surface area contributed by atoms with Crippen molar-refractivity contribution in [2.45, 2.75) is 13.3 Å². The highest BCUT2D eigenvalue weighted by atomic mass is 32.2. The predicted molar refractivity (Wildman–Crippen MR) is 110 cm³/mol. The highest BCUT2D eigenvalue weighted by Crippen LogP contribution is 2.35. The van der Waals surface area contributed by atoms with Gasteiger partial charge in [0.15, 0.2) is 0 Å². The zero-order valence-electron chi connectivity index (χ0n) is 14.0. The van der Waals surface area contributed by atoms with Gasteiger partial charge >= 0.3 is 0 Å². The Hall–Kier alpha value is -1.98. The van der Waals surface area contributed by atoms with Gasteiger partial charge in [-0.3, -0.25) is 4.79 Å². The van der Waals surface area contributed by atoms with Gasteiger partial charge in [0.2, 0.25) is 5.12 Å². The molecule has 0 unspecified atom stereocenters. The average Bonchev–Trinajstić information content (AvgIpc) is 2.99. The van der Waals surface area contributed by atoms with Gasteiger partial charge in [-0.2, -0.15) is 0 Å². The van der Waals surface area contributed by atoms with Gasteiger partial charge in [0, 0.05) is 11.3 Å². The van der Waals surface area contributed by atoms with Crippen molar-refractivity contribution in [1.29, 1.82) is 0 Å². The number of hydrogen-bond donors (Lipinski definition) is 0. The van der Waals surface area contributed by atoms with Crippen LogP contribution < -0.4 is 4.74 Å². The maximum atomic E-state index is 12.3. The first kappa shape index (κ1) is 17.8. The fraction of sp³-hybridized carbons (Fsp3) is 0.200. The van der Waals surface area contributed by atoms with E-state index in [4.69, 9.17) is 4.74 Å². The smallest absolute Gasteiger partial charge is 0.244 e. The summed E-state index contributed by atoms with van der Waals surface area (Å²) in [6.07, 6.45) is 4.59. The Morgan fingerprint density at radius 2 is 2.12 bits per heavy atom. The van der Waals surface area contributed by atoms with E-state index in [0.29, 0.717) is 12.3 Å². The van der Waals surface area contributed by atoms with E-state index in [1.807, 2.05) is 36.4 Å². The molecule has 2 aromatic carbocycles. The number of ether oxygens (including phenoxy) is 1. The number of carbonyl (C=O) groups excluding carboxylic acids is 1. The molecule has 3 rings (SSSR count). The van der Waals surface area contributed by atoms with Crippen LogP contribution in [0.5, 0.6) is 5.75 Å². The molecule has 1 heterocycles. The Bertz CT molecular complexity index is 871. The molecule has 1 aliphatic heterocycles. The second kappa shape index (κ2) is 8.41. The molecule has 0 bridgehead atoms. The Kier molecular flexibility index (Phi) is 6.00. The molecule has 0 fully saturated rings. The normalized spacial score (nSPS) is 15.6. The fourth-order valence-corrected chi connectivity index (χ4v) is 4.08. The van der Waals surface area contributed by atoms with E-state index in [1.165, 1.54) is 23.5 Å². The van der Waals surface area contributed by atoms with E-state index < -0.39 is 0 Å². The third-order valence-electron chi connectivity index (χ3n) is 3.60. The summed E-state index contributed by atoms with van der Waals surface area (Å²) < 4.78 is 6.67. The Labute approximate surface area is 156 Å². The summed E-state index contributed by atoms with van der Waals surface area (Å²) in [5.41, 5.74) is 1.38. The largest absolute Gasteiger partial charge is 0.493 e. The maximum Gasteiger partial charge on any atom is 0.244 e. The number of nitrogens with zero attached hydrogens (tertiary/aromatic N) is 1. The monoisotopic (exact) mass is 369 g/mol. The van der Waals surface area contributed by atoms with Gasteiger partial charge in [-0.25, -0.2) is 4.99 Å². The molecular weight excluding hydrogens is 350 g/mol. The molecule has 25 heavy (non-hydrogen) atoms. The number of carbonyl (C=O) groups is 1. The lowest BCUT2D eigenvalue weighted by Gasteiger charge is -2.11. The molecule has 5 heteroatoms. The van der Waals surface area contributed by atoms with Crippen LogP contribution >= 0.6 is 23.5 Å². The molecule has 0 amide bonds. The molecule has 0 spiro atoms. The molecule has 0 atom stereocenters. The molecule has 1 aliphatic rings. The molecule has 128 valence electrons. The molecule has 3 nitrogen and oxygen atoms in total. The van der Waals surface area contributed by atoms with Crippen LogP contribution in [0, 0.1) is 0 Å². The van der Waals surface area contributed by atoms with E-state index in [-0.39, 0.29) is 5.12 Å². The Balaban J connectivity index is 2.05. The molecular formula is C20H19NO2S2. The van der Waals surface area contributed by atoms with Crippen LogP contribution in [0.15, 0.2) is 59.7 Å². The van der Waals surface area contributed by atoms with Crippen molar-refractivity contribution in [3.8, 4) is 5.75 Å².